The van der Waals surface area contributed by atoms with E-state index in [0.29, 0.717) is 21.5 Å². The third-order valence-electron chi connectivity index (χ3n) is 2.46. The Balaban J connectivity index is 2.67. The summed E-state index contributed by atoms with van der Waals surface area (Å²) in [4.78, 5) is 0. The predicted molar refractivity (Wildman–Crippen MR) is 75.2 cm³/mol. The molecule has 1 aromatic heterocycles. The van der Waals surface area contributed by atoms with Crippen LogP contribution in [0.1, 0.15) is 6.92 Å². The Bertz CT molecular complexity index is 729. The molecule has 0 spiro atoms. The van der Waals surface area contributed by atoms with Gasteiger partial charge in [0.1, 0.15) is 5.82 Å². The number of hydrogen-bond acceptors (Lipinski definition) is 4. The van der Waals surface area contributed by atoms with E-state index in [1.165, 1.54) is 22.8 Å². The van der Waals surface area contributed by atoms with Crippen molar-refractivity contribution in [1.82, 2.24) is 14.8 Å². The van der Waals surface area contributed by atoms with Gasteiger partial charge in [0.05, 0.1) is 0 Å². The minimum atomic E-state index is -3.94. The molecule has 0 atom stereocenters. The van der Waals surface area contributed by atoms with Gasteiger partial charge in [-0.2, -0.15) is 0 Å². The Kier molecular flexibility index (Phi) is 3.87. The minimum absolute atomic E-state index is 0.301. The molecule has 0 radical (unpaired) electrons. The molecule has 0 aliphatic heterocycles. The van der Waals surface area contributed by atoms with Gasteiger partial charge in [-0.1, -0.05) is 0 Å². The summed E-state index contributed by atoms with van der Waals surface area (Å²) in [7, 11) is -3.94. The van der Waals surface area contributed by atoms with Crippen LogP contribution in [0.4, 0.5) is 4.39 Å². The fourth-order valence-corrected chi connectivity index (χ4v) is 3.05. The van der Waals surface area contributed by atoms with Crippen molar-refractivity contribution in [2.24, 2.45) is 5.14 Å². The van der Waals surface area contributed by atoms with E-state index >= 15 is 0 Å². The lowest BCUT2D eigenvalue weighted by molar-refractivity contribution is 0.570. The van der Waals surface area contributed by atoms with Crippen molar-refractivity contribution in [3.8, 4) is 11.4 Å². The van der Waals surface area contributed by atoms with Crippen LogP contribution in [0.3, 0.4) is 0 Å². The quantitative estimate of drug-likeness (QED) is 0.794. The molecule has 0 saturated carbocycles. The highest BCUT2D eigenvalue weighted by atomic mass is 127. The molecule has 6 nitrogen and oxygen atoms in total. The van der Waals surface area contributed by atoms with E-state index in [4.69, 9.17) is 5.14 Å². The van der Waals surface area contributed by atoms with Crippen LogP contribution in [-0.4, -0.2) is 23.2 Å². The second kappa shape index (κ2) is 5.13. The van der Waals surface area contributed by atoms with Gasteiger partial charge in [-0.3, -0.25) is 4.57 Å². The first kappa shape index (κ1) is 14.3. The molecule has 2 aromatic rings. The highest BCUT2D eigenvalue weighted by Crippen LogP contribution is 2.25. The van der Waals surface area contributed by atoms with E-state index in [9.17, 15) is 12.8 Å². The topological polar surface area (TPSA) is 90.9 Å². The largest absolute Gasteiger partial charge is 0.297 e. The molecule has 1 heterocycles. The first-order chi connectivity index (χ1) is 8.84. The molecule has 0 bridgehead atoms. The maximum absolute atomic E-state index is 13.1. The molecule has 102 valence electrons. The van der Waals surface area contributed by atoms with E-state index < -0.39 is 10.0 Å². The normalized spacial score (nSPS) is 11.8. The van der Waals surface area contributed by atoms with Gasteiger partial charge in [-0.05, 0) is 47.7 Å². The Labute approximate surface area is 123 Å². The van der Waals surface area contributed by atoms with Gasteiger partial charge in [-0.15, -0.1) is 10.2 Å². The monoisotopic (exact) mass is 396 g/mol. The van der Waals surface area contributed by atoms with E-state index in [0.717, 1.165) is 0 Å². The maximum Gasteiger partial charge on any atom is 0.273 e. The second-order valence-electron chi connectivity index (χ2n) is 3.72. The van der Waals surface area contributed by atoms with Crippen molar-refractivity contribution in [1.29, 1.82) is 0 Å². The van der Waals surface area contributed by atoms with Gasteiger partial charge in [0.25, 0.3) is 15.2 Å². The van der Waals surface area contributed by atoms with Gasteiger partial charge in [-0.25, -0.2) is 17.9 Å². The number of halogens is 2. The molecule has 19 heavy (non-hydrogen) atoms. The van der Waals surface area contributed by atoms with Gasteiger partial charge in [0, 0.05) is 15.7 Å². The average Bonchev–Trinajstić information content (AvgIpc) is 2.72. The zero-order chi connectivity index (χ0) is 14.2. The summed E-state index contributed by atoms with van der Waals surface area (Å²) in [6.07, 6.45) is 0. The van der Waals surface area contributed by atoms with Gasteiger partial charge in [0.2, 0.25) is 0 Å². The first-order valence-corrected chi connectivity index (χ1v) is 7.88. The van der Waals surface area contributed by atoms with Crippen molar-refractivity contribution in [3.05, 3.63) is 27.6 Å². The summed E-state index contributed by atoms with van der Waals surface area (Å²) in [5.74, 6) is -0.0293. The maximum atomic E-state index is 13.1. The van der Waals surface area contributed by atoms with Gasteiger partial charge in [0.15, 0.2) is 5.82 Å². The zero-order valence-electron chi connectivity index (χ0n) is 9.84. The molecule has 2 N–H and O–H groups in total. The standard InChI is InChI=1S/C10H10FIN4O2S/c1-2-16-9(14-15-10(16)19(13,17)18)7-4-3-6(11)5-8(7)12/h3-5H,2H2,1H3,(H2,13,17,18). The van der Waals surface area contributed by atoms with E-state index in [1.807, 2.05) is 22.6 Å². The lowest BCUT2D eigenvalue weighted by Crippen LogP contribution is -2.18. The van der Waals surface area contributed by atoms with E-state index in [-0.39, 0.29) is 11.0 Å². The van der Waals surface area contributed by atoms with Crippen LogP contribution >= 0.6 is 22.6 Å². The Hall–Kier alpha value is -1.07. The summed E-state index contributed by atoms with van der Waals surface area (Å²) in [6, 6.07) is 4.14. The Morgan fingerprint density at radius 3 is 2.63 bits per heavy atom. The minimum Gasteiger partial charge on any atom is -0.297 e. The van der Waals surface area contributed by atoms with Crippen LogP contribution in [-0.2, 0) is 16.6 Å². The van der Waals surface area contributed by atoms with Crippen LogP contribution in [0, 0.1) is 9.39 Å². The molecule has 0 fully saturated rings. The predicted octanol–water partition coefficient (Wildman–Crippen LogP) is 1.36. The third kappa shape index (κ3) is 2.77. The highest BCUT2D eigenvalue weighted by Gasteiger charge is 2.22. The highest BCUT2D eigenvalue weighted by molar-refractivity contribution is 14.1. The summed E-state index contributed by atoms with van der Waals surface area (Å²) in [5, 5.41) is 12.2. The van der Waals surface area contributed by atoms with E-state index in [2.05, 4.69) is 10.2 Å². The molecule has 0 unspecified atom stereocenters. The number of rotatable bonds is 3. The smallest absolute Gasteiger partial charge is 0.273 e. The number of hydrogen-bond donors (Lipinski definition) is 1. The number of nitrogens with zero attached hydrogens (tertiary/aromatic N) is 3. The average molecular weight is 396 g/mol. The fraction of sp³-hybridized carbons (Fsp3) is 0.200. The molecule has 0 amide bonds. The fourth-order valence-electron chi connectivity index (χ4n) is 1.65. The van der Waals surface area contributed by atoms with Crippen molar-refractivity contribution in [2.45, 2.75) is 18.6 Å². The summed E-state index contributed by atoms with van der Waals surface area (Å²) in [6.45, 7) is 2.08. The molecule has 0 saturated heterocycles. The number of primary sulfonamides is 1. The van der Waals surface area contributed by atoms with Crippen molar-refractivity contribution in [2.75, 3.05) is 0 Å². The van der Waals surface area contributed by atoms with Gasteiger partial charge < -0.3 is 0 Å². The second-order valence-corrected chi connectivity index (χ2v) is 6.34. The third-order valence-corrected chi connectivity index (χ3v) is 4.16. The van der Waals surface area contributed by atoms with Crippen LogP contribution in [0.2, 0.25) is 0 Å². The Morgan fingerprint density at radius 1 is 1.42 bits per heavy atom. The van der Waals surface area contributed by atoms with Crippen molar-refractivity contribution < 1.29 is 12.8 Å². The lowest BCUT2D eigenvalue weighted by atomic mass is 10.2. The molecule has 0 aliphatic rings. The molecule has 9 heteroatoms. The number of benzene rings is 1. The molecular formula is C10H10FIN4O2S. The van der Waals surface area contributed by atoms with Crippen molar-refractivity contribution >= 4 is 32.6 Å². The number of sulfonamides is 1. The zero-order valence-corrected chi connectivity index (χ0v) is 12.8. The molecular weight excluding hydrogens is 386 g/mol. The van der Waals surface area contributed by atoms with Gasteiger partial charge >= 0.3 is 0 Å². The van der Waals surface area contributed by atoms with Crippen LogP contribution in [0.25, 0.3) is 11.4 Å². The SMILES string of the molecule is CCn1c(-c2ccc(F)cc2I)nnc1S(N)(=O)=O. The Morgan fingerprint density at radius 2 is 2.11 bits per heavy atom. The van der Waals surface area contributed by atoms with Crippen LogP contribution < -0.4 is 5.14 Å². The van der Waals surface area contributed by atoms with Crippen molar-refractivity contribution in [3.63, 3.8) is 0 Å². The molecule has 0 aliphatic carbocycles. The summed E-state index contributed by atoms with van der Waals surface area (Å²) < 4.78 is 37.8. The summed E-state index contributed by atoms with van der Waals surface area (Å²) >= 11 is 1.95. The first-order valence-electron chi connectivity index (χ1n) is 5.26. The number of nitrogens with two attached hydrogens (primary N) is 1. The summed E-state index contributed by atoms with van der Waals surface area (Å²) in [5.41, 5.74) is 0.603. The van der Waals surface area contributed by atoms with Crippen LogP contribution in [0.5, 0.6) is 0 Å². The van der Waals surface area contributed by atoms with Crippen LogP contribution in [0.15, 0.2) is 23.4 Å². The number of aromatic nitrogens is 3. The molecule has 1 aromatic carbocycles. The molecule has 2 rings (SSSR count). The van der Waals surface area contributed by atoms with E-state index in [1.54, 1.807) is 6.92 Å². The lowest BCUT2D eigenvalue weighted by Gasteiger charge is -2.07.